The second kappa shape index (κ2) is 4.66. The van der Waals surface area contributed by atoms with Gasteiger partial charge < -0.3 is 4.74 Å². The number of allylic oxidation sites excluding steroid dienone is 2. The van der Waals surface area contributed by atoms with E-state index in [-0.39, 0.29) is 0 Å². The summed E-state index contributed by atoms with van der Waals surface area (Å²) < 4.78 is 5.48. The summed E-state index contributed by atoms with van der Waals surface area (Å²) in [6, 6.07) is 0. The molecule has 0 unspecified atom stereocenters. The minimum atomic E-state index is 0.441. The summed E-state index contributed by atoms with van der Waals surface area (Å²) in [4.78, 5) is 0. The Morgan fingerprint density at radius 1 is 1.50 bits per heavy atom. The zero-order valence-electron chi connectivity index (χ0n) is 8.88. The number of ether oxygens (including phenoxy) is 1. The molecule has 76 valence electrons. The first-order chi connectivity index (χ1) is 6.90. The molecule has 0 aliphatic heterocycles. The van der Waals surface area contributed by atoms with Crippen molar-refractivity contribution >= 4 is 0 Å². The third kappa shape index (κ3) is 2.62. The highest BCUT2D eigenvalue weighted by Gasteiger charge is 2.36. The Bertz CT molecular complexity index is 279. The van der Waals surface area contributed by atoms with Gasteiger partial charge in [0.1, 0.15) is 0 Å². The summed E-state index contributed by atoms with van der Waals surface area (Å²) in [6.07, 6.45) is 8.97. The Morgan fingerprint density at radius 2 is 2.43 bits per heavy atom. The van der Waals surface area contributed by atoms with E-state index < -0.39 is 0 Å². The fourth-order valence-corrected chi connectivity index (χ4v) is 1.86. The molecule has 1 saturated carbocycles. The van der Waals surface area contributed by atoms with Crippen LogP contribution in [-0.4, -0.2) is 12.7 Å². The highest BCUT2D eigenvalue weighted by atomic mass is 16.5. The highest BCUT2D eigenvalue weighted by molar-refractivity contribution is 5.32. The maximum absolute atomic E-state index is 5.48. The first-order valence-electron chi connectivity index (χ1n) is 5.72. The van der Waals surface area contributed by atoms with Crippen molar-refractivity contribution in [2.24, 2.45) is 5.92 Å². The van der Waals surface area contributed by atoms with Gasteiger partial charge in [0, 0.05) is 12.5 Å². The minimum Gasteiger partial charge on any atom is -0.377 e. The molecule has 14 heavy (non-hydrogen) atoms. The Labute approximate surface area is 86.5 Å². The fourth-order valence-electron chi connectivity index (χ4n) is 1.86. The fraction of sp³-hybridized carbons (Fsp3) is 0.692. The van der Waals surface area contributed by atoms with Crippen LogP contribution in [0.25, 0.3) is 0 Å². The summed E-state index contributed by atoms with van der Waals surface area (Å²) in [6.45, 7) is 2.87. The van der Waals surface area contributed by atoms with E-state index >= 15 is 0 Å². The van der Waals surface area contributed by atoms with Gasteiger partial charge in [0.25, 0.3) is 0 Å². The standard InChI is InChI=1S/C13H18O/c1-2-14-13-10-12(13)9-8-11-6-4-3-5-7-11/h6,12-13H,2-5,7,10H2,1H3/t12-,13-/m1/s1. The lowest BCUT2D eigenvalue weighted by atomic mass is 10.00. The summed E-state index contributed by atoms with van der Waals surface area (Å²) in [5.41, 5.74) is 1.36. The van der Waals surface area contributed by atoms with E-state index in [0.29, 0.717) is 12.0 Å². The van der Waals surface area contributed by atoms with Crippen molar-refractivity contribution in [1.82, 2.24) is 0 Å². The molecule has 0 radical (unpaired) electrons. The average Bonchev–Trinajstić information content (AvgIpc) is 2.96. The van der Waals surface area contributed by atoms with Crippen molar-refractivity contribution < 1.29 is 4.74 Å². The Hall–Kier alpha value is -0.740. The van der Waals surface area contributed by atoms with Crippen molar-refractivity contribution in [2.75, 3.05) is 6.61 Å². The molecule has 0 N–H and O–H groups in total. The summed E-state index contributed by atoms with van der Waals surface area (Å²) in [7, 11) is 0. The number of rotatable bonds is 2. The van der Waals surface area contributed by atoms with E-state index in [1.807, 2.05) is 6.92 Å². The van der Waals surface area contributed by atoms with Crippen LogP contribution in [0.15, 0.2) is 11.6 Å². The molecule has 0 heterocycles. The normalized spacial score (nSPS) is 30.2. The summed E-state index contributed by atoms with van der Waals surface area (Å²) >= 11 is 0. The predicted molar refractivity (Wildman–Crippen MR) is 57.8 cm³/mol. The van der Waals surface area contributed by atoms with Crippen molar-refractivity contribution in [2.45, 2.75) is 45.1 Å². The lowest BCUT2D eigenvalue weighted by Gasteiger charge is -2.05. The summed E-state index contributed by atoms with van der Waals surface area (Å²) in [5.74, 6) is 7.15. The van der Waals surface area contributed by atoms with E-state index in [1.54, 1.807) is 0 Å². The van der Waals surface area contributed by atoms with Gasteiger partial charge in [-0.25, -0.2) is 0 Å². The maximum atomic E-state index is 5.48. The lowest BCUT2D eigenvalue weighted by molar-refractivity contribution is 0.127. The van der Waals surface area contributed by atoms with Gasteiger partial charge in [0.05, 0.1) is 6.10 Å². The average molecular weight is 190 g/mol. The molecule has 2 aliphatic rings. The molecule has 2 rings (SSSR count). The molecule has 0 amide bonds. The molecular formula is C13H18O. The van der Waals surface area contributed by atoms with Crippen LogP contribution in [0.1, 0.15) is 39.0 Å². The third-order valence-electron chi connectivity index (χ3n) is 2.82. The van der Waals surface area contributed by atoms with E-state index in [1.165, 1.54) is 31.3 Å². The van der Waals surface area contributed by atoms with E-state index in [0.717, 1.165) is 13.0 Å². The molecule has 0 bridgehead atoms. The van der Waals surface area contributed by atoms with Crippen LogP contribution in [0.4, 0.5) is 0 Å². The Balaban J connectivity index is 1.80. The molecule has 1 nitrogen and oxygen atoms in total. The maximum Gasteiger partial charge on any atom is 0.0726 e. The van der Waals surface area contributed by atoms with Crippen LogP contribution in [0.2, 0.25) is 0 Å². The van der Waals surface area contributed by atoms with Crippen molar-refractivity contribution in [3.8, 4) is 11.8 Å². The zero-order chi connectivity index (χ0) is 9.80. The molecular weight excluding hydrogens is 172 g/mol. The Kier molecular flexibility index (Phi) is 3.26. The molecule has 2 aliphatic carbocycles. The topological polar surface area (TPSA) is 9.23 Å². The molecule has 0 spiro atoms. The van der Waals surface area contributed by atoms with Gasteiger partial charge in [-0.05, 0) is 44.6 Å². The lowest BCUT2D eigenvalue weighted by Crippen LogP contribution is -1.94. The molecule has 0 saturated heterocycles. The van der Waals surface area contributed by atoms with Crippen LogP contribution in [0.5, 0.6) is 0 Å². The highest BCUT2D eigenvalue weighted by Crippen LogP contribution is 2.33. The summed E-state index contributed by atoms with van der Waals surface area (Å²) in [5, 5.41) is 0. The van der Waals surface area contributed by atoms with Crippen molar-refractivity contribution in [3.63, 3.8) is 0 Å². The second-order valence-corrected chi connectivity index (χ2v) is 4.08. The second-order valence-electron chi connectivity index (χ2n) is 4.08. The van der Waals surface area contributed by atoms with Crippen LogP contribution >= 0.6 is 0 Å². The van der Waals surface area contributed by atoms with Gasteiger partial charge in [0.15, 0.2) is 0 Å². The molecule has 2 atom stereocenters. The van der Waals surface area contributed by atoms with Crippen molar-refractivity contribution in [3.05, 3.63) is 11.6 Å². The number of hydrogen-bond acceptors (Lipinski definition) is 1. The van der Waals surface area contributed by atoms with Gasteiger partial charge in [0.2, 0.25) is 0 Å². The SMILES string of the molecule is CCO[C@@H]1C[C@H]1C#CC1=CCCCC1. The predicted octanol–water partition coefficient (Wildman–Crippen LogP) is 2.92. The molecule has 0 aromatic rings. The number of hydrogen-bond donors (Lipinski definition) is 0. The largest absolute Gasteiger partial charge is 0.377 e. The van der Waals surface area contributed by atoms with E-state index in [2.05, 4.69) is 17.9 Å². The van der Waals surface area contributed by atoms with Crippen LogP contribution in [0, 0.1) is 17.8 Å². The van der Waals surface area contributed by atoms with Crippen LogP contribution in [-0.2, 0) is 4.74 Å². The van der Waals surface area contributed by atoms with Gasteiger partial charge in [-0.2, -0.15) is 0 Å². The molecule has 1 fully saturated rings. The van der Waals surface area contributed by atoms with Crippen LogP contribution < -0.4 is 0 Å². The molecule has 0 aromatic carbocycles. The van der Waals surface area contributed by atoms with Gasteiger partial charge in [-0.1, -0.05) is 17.9 Å². The first kappa shape index (κ1) is 9.80. The van der Waals surface area contributed by atoms with E-state index in [9.17, 15) is 0 Å². The molecule has 1 heteroatoms. The van der Waals surface area contributed by atoms with E-state index in [4.69, 9.17) is 4.74 Å². The van der Waals surface area contributed by atoms with Gasteiger partial charge in [-0.15, -0.1) is 0 Å². The van der Waals surface area contributed by atoms with Gasteiger partial charge in [-0.3, -0.25) is 0 Å². The molecule has 0 aromatic heterocycles. The quantitative estimate of drug-likeness (QED) is 0.608. The smallest absolute Gasteiger partial charge is 0.0726 e. The minimum absolute atomic E-state index is 0.441. The zero-order valence-corrected chi connectivity index (χ0v) is 8.88. The monoisotopic (exact) mass is 190 g/mol. The van der Waals surface area contributed by atoms with Gasteiger partial charge >= 0.3 is 0 Å². The first-order valence-corrected chi connectivity index (χ1v) is 5.72. The van der Waals surface area contributed by atoms with Crippen LogP contribution in [0.3, 0.4) is 0 Å². The van der Waals surface area contributed by atoms with Crippen molar-refractivity contribution in [1.29, 1.82) is 0 Å². The Morgan fingerprint density at radius 3 is 3.14 bits per heavy atom. The third-order valence-corrected chi connectivity index (χ3v) is 2.82.